The molecular formula is C26H33N5O2. The summed E-state index contributed by atoms with van der Waals surface area (Å²) in [5, 5.41) is 14.4. The monoisotopic (exact) mass is 447 g/mol. The maximum Gasteiger partial charge on any atom is 0.192 e. The summed E-state index contributed by atoms with van der Waals surface area (Å²) in [4.78, 5) is 16.3. The van der Waals surface area contributed by atoms with Crippen LogP contribution >= 0.6 is 0 Å². The van der Waals surface area contributed by atoms with E-state index in [1.807, 2.05) is 45.0 Å². The van der Waals surface area contributed by atoms with Crippen molar-refractivity contribution in [1.29, 1.82) is 0 Å². The molecule has 174 valence electrons. The third kappa shape index (κ3) is 4.50. The molecule has 5 rings (SSSR count). The van der Waals surface area contributed by atoms with E-state index in [-0.39, 0.29) is 5.75 Å². The lowest BCUT2D eigenvalue weighted by atomic mass is 10.0. The fourth-order valence-corrected chi connectivity index (χ4v) is 4.42. The van der Waals surface area contributed by atoms with Crippen LogP contribution in [0.3, 0.4) is 0 Å². The van der Waals surface area contributed by atoms with Crippen molar-refractivity contribution in [2.45, 2.75) is 60.0 Å². The number of rotatable bonds is 4. The Labute approximate surface area is 194 Å². The predicted molar refractivity (Wildman–Crippen MR) is 134 cm³/mol. The van der Waals surface area contributed by atoms with Gasteiger partial charge in [0.2, 0.25) is 0 Å². The lowest BCUT2D eigenvalue weighted by Gasteiger charge is -2.19. The third-order valence-electron chi connectivity index (χ3n) is 5.89. The molecule has 0 aliphatic carbocycles. The minimum absolute atomic E-state index is 0.179. The molecule has 4 aromatic rings. The molecule has 0 saturated carbocycles. The Kier molecular flexibility index (Phi) is 6.51. The summed E-state index contributed by atoms with van der Waals surface area (Å²) < 4.78 is 5.69. The zero-order valence-corrected chi connectivity index (χ0v) is 20.3. The summed E-state index contributed by atoms with van der Waals surface area (Å²) >= 11 is 0. The number of aromatic nitrogens is 3. The molecule has 1 unspecified atom stereocenters. The van der Waals surface area contributed by atoms with Gasteiger partial charge >= 0.3 is 0 Å². The quantitative estimate of drug-likeness (QED) is 0.435. The van der Waals surface area contributed by atoms with Crippen LogP contribution in [0.2, 0.25) is 0 Å². The lowest BCUT2D eigenvalue weighted by Crippen LogP contribution is -2.37. The van der Waals surface area contributed by atoms with E-state index in [1.165, 1.54) is 0 Å². The highest BCUT2D eigenvalue weighted by Crippen LogP contribution is 2.37. The SMILES string of the molecule is CC.Cc1nc2c(C)c(O)c(-c3ccc4nc(N5CCC(NC(C)C)C5)ccc4n3)cc2o1. The normalized spacial score (nSPS) is 16.0. The van der Waals surface area contributed by atoms with Gasteiger partial charge in [0.15, 0.2) is 11.5 Å². The molecule has 1 fully saturated rings. The molecule has 4 heterocycles. The van der Waals surface area contributed by atoms with Gasteiger partial charge in [0.25, 0.3) is 0 Å². The van der Waals surface area contributed by atoms with Gasteiger partial charge in [-0.2, -0.15) is 0 Å². The smallest absolute Gasteiger partial charge is 0.192 e. The molecule has 1 aliphatic rings. The number of aryl methyl sites for hydroxylation is 2. The minimum atomic E-state index is 0.179. The first kappa shape index (κ1) is 23.0. The number of nitrogens with zero attached hydrogens (tertiary/aromatic N) is 4. The van der Waals surface area contributed by atoms with Crippen molar-refractivity contribution in [3.05, 3.63) is 41.8 Å². The van der Waals surface area contributed by atoms with Gasteiger partial charge in [-0.1, -0.05) is 27.7 Å². The van der Waals surface area contributed by atoms with E-state index < -0.39 is 0 Å². The summed E-state index contributed by atoms with van der Waals surface area (Å²) in [6, 6.07) is 10.7. The maximum atomic E-state index is 10.8. The number of pyridine rings is 2. The summed E-state index contributed by atoms with van der Waals surface area (Å²) in [7, 11) is 0. The molecule has 1 aliphatic heterocycles. The van der Waals surface area contributed by atoms with Gasteiger partial charge in [0, 0.05) is 43.2 Å². The molecule has 0 spiro atoms. The largest absolute Gasteiger partial charge is 0.507 e. The molecule has 3 aromatic heterocycles. The van der Waals surface area contributed by atoms with Crippen molar-refractivity contribution < 1.29 is 9.52 Å². The van der Waals surface area contributed by atoms with Crippen LogP contribution in [0.1, 0.15) is 45.6 Å². The number of anilines is 1. The molecule has 2 N–H and O–H groups in total. The van der Waals surface area contributed by atoms with Crippen LogP contribution in [0, 0.1) is 13.8 Å². The van der Waals surface area contributed by atoms with Crippen LogP contribution in [-0.4, -0.2) is 45.2 Å². The highest BCUT2D eigenvalue weighted by molar-refractivity contribution is 5.89. The van der Waals surface area contributed by atoms with Crippen LogP contribution in [0.25, 0.3) is 33.4 Å². The van der Waals surface area contributed by atoms with Crippen LogP contribution in [-0.2, 0) is 0 Å². The molecule has 1 atom stereocenters. The number of oxazole rings is 1. The van der Waals surface area contributed by atoms with Gasteiger partial charge in [-0.15, -0.1) is 0 Å². The summed E-state index contributed by atoms with van der Waals surface area (Å²) in [5.74, 6) is 1.73. The number of hydrogen-bond acceptors (Lipinski definition) is 7. The van der Waals surface area contributed by atoms with Crippen molar-refractivity contribution in [2.24, 2.45) is 0 Å². The summed E-state index contributed by atoms with van der Waals surface area (Å²) in [6.45, 7) is 14.0. The standard InChI is InChI=1S/C24H27N5O2.C2H6/c1-13(2)25-16-9-10-29(12-16)22-8-7-19-20(28-22)6-5-18(27-19)17-11-21-23(14(3)24(17)30)26-15(4)31-21;1-2/h5-8,11,13,16,25,30H,9-10,12H2,1-4H3;1-2H3. The Morgan fingerprint density at radius 2 is 1.79 bits per heavy atom. The van der Waals surface area contributed by atoms with E-state index in [2.05, 4.69) is 29.0 Å². The first-order valence-electron chi connectivity index (χ1n) is 11.8. The molecule has 0 amide bonds. The molecule has 7 heteroatoms. The number of hydrogen-bond donors (Lipinski definition) is 2. The second-order valence-corrected chi connectivity index (χ2v) is 8.63. The Hall–Kier alpha value is -3.19. The second kappa shape index (κ2) is 9.35. The molecule has 33 heavy (non-hydrogen) atoms. The van der Waals surface area contributed by atoms with Gasteiger partial charge in [-0.3, -0.25) is 0 Å². The highest BCUT2D eigenvalue weighted by Gasteiger charge is 2.24. The first-order valence-corrected chi connectivity index (χ1v) is 11.8. The number of phenolic OH excluding ortho intramolecular Hbond substituents is 1. The number of nitrogens with one attached hydrogen (secondary N) is 1. The van der Waals surface area contributed by atoms with Crippen LogP contribution in [0.15, 0.2) is 34.7 Å². The van der Waals surface area contributed by atoms with Crippen molar-refractivity contribution in [2.75, 3.05) is 18.0 Å². The topological polar surface area (TPSA) is 87.3 Å². The average Bonchev–Trinajstić information content (AvgIpc) is 3.42. The molecule has 7 nitrogen and oxygen atoms in total. The number of aromatic hydroxyl groups is 1. The maximum absolute atomic E-state index is 10.8. The second-order valence-electron chi connectivity index (χ2n) is 8.63. The van der Waals surface area contributed by atoms with Crippen LogP contribution in [0.4, 0.5) is 5.82 Å². The molecule has 0 bridgehead atoms. The van der Waals surface area contributed by atoms with E-state index >= 15 is 0 Å². The van der Waals surface area contributed by atoms with Gasteiger partial charge in [-0.05, 0) is 43.7 Å². The molecule has 1 aromatic carbocycles. The lowest BCUT2D eigenvalue weighted by molar-refractivity contribution is 0.473. The van der Waals surface area contributed by atoms with E-state index in [4.69, 9.17) is 14.4 Å². The average molecular weight is 448 g/mol. The number of benzene rings is 1. The summed E-state index contributed by atoms with van der Waals surface area (Å²) in [5.41, 5.74) is 4.98. The van der Waals surface area contributed by atoms with Crippen molar-refractivity contribution in [3.63, 3.8) is 0 Å². The molecule has 0 radical (unpaired) electrons. The van der Waals surface area contributed by atoms with Crippen molar-refractivity contribution in [3.8, 4) is 17.0 Å². The van der Waals surface area contributed by atoms with Gasteiger partial charge in [0.1, 0.15) is 17.1 Å². The third-order valence-corrected chi connectivity index (χ3v) is 5.89. The Morgan fingerprint density at radius 1 is 1.06 bits per heavy atom. The minimum Gasteiger partial charge on any atom is -0.507 e. The molecule has 1 saturated heterocycles. The highest BCUT2D eigenvalue weighted by atomic mass is 16.3. The van der Waals surface area contributed by atoms with E-state index in [1.54, 1.807) is 13.0 Å². The van der Waals surface area contributed by atoms with Crippen LogP contribution in [0.5, 0.6) is 5.75 Å². The first-order chi connectivity index (χ1) is 15.9. The van der Waals surface area contributed by atoms with Crippen molar-refractivity contribution in [1.82, 2.24) is 20.3 Å². The number of fused-ring (bicyclic) bond motifs is 2. The zero-order chi connectivity index (χ0) is 23.7. The predicted octanol–water partition coefficient (Wildman–Crippen LogP) is 5.36. The zero-order valence-electron chi connectivity index (χ0n) is 20.3. The fraction of sp³-hybridized carbons (Fsp3) is 0.423. The number of phenols is 1. The van der Waals surface area contributed by atoms with E-state index in [0.717, 1.165) is 36.4 Å². The van der Waals surface area contributed by atoms with Gasteiger partial charge < -0.3 is 19.7 Å². The van der Waals surface area contributed by atoms with Gasteiger partial charge in [0.05, 0.1) is 16.7 Å². The Morgan fingerprint density at radius 3 is 2.55 bits per heavy atom. The summed E-state index contributed by atoms with van der Waals surface area (Å²) in [6.07, 6.45) is 1.12. The van der Waals surface area contributed by atoms with E-state index in [9.17, 15) is 5.11 Å². The Bertz CT molecular complexity index is 1280. The van der Waals surface area contributed by atoms with E-state index in [0.29, 0.717) is 45.9 Å². The van der Waals surface area contributed by atoms with Crippen molar-refractivity contribution >= 4 is 28.0 Å². The Balaban J connectivity index is 0.00000126. The fourth-order valence-electron chi connectivity index (χ4n) is 4.42. The van der Waals surface area contributed by atoms with Gasteiger partial charge in [-0.25, -0.2) is 15.0 Å². The van der Waals surface area contributed by atoms with Crippen LogP contribution < -0.4 is 10.2 Å². The molecular weight excluding hydrogens is 414 g/mol.